The SMILES string of the molecule is C=C(Cl)/C(F)=C(\C)Nc1ncnc2cc(OC)c(OC(=O)N3CCNC[C@H]3C)cc12. The molecule has 2 N–H and O–H groups in total. The number of fused-ring (bicyclic) bond motifs is 1. The number of nitrogens with zero attached hydrogens (tertiary/aromatic N) is 3. The van der Waals surface area contributed by atoms with Gasteiger partial charge in [0.25, 0.3) is 0 Å². The molecular weight excluding hydrogens is 413 g/mol. The minimum atomic E-state index is -0.684. The van der Waals surface area contributed by atoms with Crippen LogP contribution in [0.5, 0.6) is 11.5 Å². The number of nitrogens with one attached hydrogen (secondary N) is 2. The van der Waals surface area contributed by atoms with Crippen LogP contribution in [-0.2, 0) is 0 Å². The van der Waals surface area contributed by atoms with Crippen LogP contribution in [0, 0.1) is 0 Å². The van der Waals surface area contributed by atoms with E-state index in [2.05, 4.69) is 27.2 Å². The van der Waals surface area contributed by atoms with Crippen molar-refractivity contribution < 1.29 is 18.7 Å². The number of benzene rings is 1. The zero-order valence-electron chi connectivity index (χ0n) is 17.0. The van der Waals surface area contributed by atoms with Crippen LogP contribution in [0.1, 0.15) is 13.8 Å². The molecule has 1 fully saturated rings. The molecule has 0 saturated carbocycles. The Morgan fingerprint density at radius 2 is 2.17 bits per heavy atom. The Bertz CT molecular complexity index is 1010. The Morgan fingerprint density at radius 3 is 2.83 bits per heavy atom. The maximum Gasteiger partial charge on any atom is 0.415 e. The molecule has 8 nitrogen and oxygen atoms in total. The molecule has 0 bridgehead atoms. The lowest BCUT2D eigenvalue weighted by atomic mass is 10.2. The summed E-state index contributed by atoms with van der Waals surface area (Å²) in [6.07, 6.45) is 0.854. The number of allylic oxidation sites excluding steroid dienone is 3. The molecule has 1 atom stereocenters. The lowest BCUT2D eigenvalue weighted by Crippen LogP contribution is -2.53. The number of hydrogen-bond acceptors (Lipinski definition) is 7. The van der Waals surface area contributed by atoms with E-state index in [-0.39, 0.29) is 22.5 Å². The third kappa shape index (κ3) is 4.63. The van der Waals surface area contributed by atoms with Crippen LogP contribution in [0.15, 0.2) is 41.6 Å². The van der Waals surface area contributed by atoms with E-state index in [1.54, 1.807) is 17.0 Å². The first-order valence-corrected chi connectivity index (χ1v) is 9.69. The highest BCUT2D eigenvalue weighted by atomic mass is 35.5. The normalized spacial score (nSPS) is 17.4. The van der Waals surface area contributed by atoms with Crippen molar-refractivity contribution in [1.82, 2.24) is 20.2 Å². The monoisotopic (exact) mass is 435 g/mol. The lowest BCUT2D eigenvalue weighted by Gasteiger charge is -2.33. The molecule has 3 rings (SSSR count). The Morgan fingerprint density at radius 1 is 1.40 bits per heavy atom. The fourth-order valence-corrected chi connectivity index (χ4v) is 3.25. The van der Waals surface area contributed by atoms with Gasteiger partial charge in [0.2, 0.25) is 0 Å². The van der Waals surface area contributed by atoms with Crippen LogP contribution in [-0.4, -0.2) is 53.7 Å². The smallest absolute Gasteiger partial charge is 0.415 e. The van der Waals surface area contributed by atoms with Gasteiger partial charge in [-0.1, -0.05) is 18.2 Å². The summed E-state index contributed by atoms with van der Waals surface area (Å²) in [5, 5.41) is 6.38. The van der Waals surface area contributed by atoms with Gasteiger partial charge in [-0.15, -0.1) is 0 Å². The fourth-order valence-electron chi connectivity index (χ4n) is 3.10. The molecule has 160 valence electrons. The Kier molecular flexibility index (Phi) is 6.73. The number of piperazine rings is 1. The first-order valence-electron chi connectivity index (χ1n) is 9.32. The van der Waals surface area contributed by atoms with Crippen LogP contribution < -0.4 is 20.1 Å². The molecule has 30 heavy (non-hydrogen) atoms. The highest BCUT2D eigenvalue weighted by molar-refractivity contribution is 6.31. The molecule has 1 aliphatic rings. The average Bonchev–Trinajstić information content (AvgIpc) is 2.73. The number of ether oxygens (including phenoxy) is 2. The summed E-state index contributed by atoms with van der Waals surface area (Å²) in [7, 11) is 1.47. The van der Waals surface area contributed by atoms with Crippen molar-refractivity contribution in [2.45, 2.75) is 19.9 Å². The molecule has 2 heterocycles. The number of halogens is 2. The largest absolute Gasteiger partial charge is 0.493 e. The highest BCUT2D eigenvalue weighted by Gasteiger charge is 2.26. The van der Waals surface area contributed by atoms with Gasteiger partial charge < -0.3 is 25.0 Å². The van der Waals surface area contributed by atoms with Crippen LogP contribution >= 0.6 is 11.6 Å². The molecule has 0 aliphatic carbocycles. The summed E-state index contributed by atoms with van der Waals surface area (Å²) in [6.45, 7) is 8.75. The molecule has 1 amide bonds. The summed E-state index contributed by atoms with van der Waals surface area (Å²) < 4.78 is 25.1. The summed E-state index contributed by atoms with van der Waals surface area (Å²) in [5.41, 5.74) is 0.664. The topological polar surface area (TPSA) is 88.6 Å². The second-order valence-electron chi connectivity index (χ2n) is 6.83. The van der Waals surface area contributed by atoms with E-state index in [0.717, 1.165) is 0 Å². The van der Waals surface area contributed by atoms with E-state index < -0.39 is 11.9 Å². The summed E-state index contributed by atoms with van der Waals surface area (Å²) in [4.78, 5) is 22.7. The second kappa shape index (κ2) is 9.27. The van der Waals surface area contributed by atoms with Gasteiger partial charge in [-0.05, 0) is 19.9 Å². The van der Waals surface area contributed by atoms with Crippen LogP contribution in [0.25, 0.3) is 10.9 Å². The molecule has 0 spiro atoms. The van der Waals surface area contributed by atoms with E-state index in [1.165, 1.54) is 20.4 Å². The van der Waals surface area contributed by atoms with Crippen molar-refractivity contribution in [3.05, 3.63) is 41.6 Å². The van der Waals surface area contributed by atoms with Gasteiger partial charge in [-0.25, -0.2) is 19.2 Å². The molecule has 1 aromatic carbocycles. The summed E-state index contributed by atoms with van der Waals surface area (Å²) in [5.74, 6) is 0.190. The van der Waals surface area contributed by atoms with Crippen LogP contribution in [0.3, 0.4) is 0 Å². The number of rotatable bonds is 5. The second-order valence-corrected chi connectivity index (χ2v) is 7.28. The van der Waals surface area contributed by atoms with Gasteiger partial charge in [-0.3, -0.25) is 0 Å². The third-order valence-corrected chi connectivity index (χ3v) is 4.89. The van der Waals surface area contributed by atoms with Crippen LogP contribution in [0.4, 0.5) is 15.0 Å². The Hall–Kier alpha value is -2.91. The quantitative estimate of drug-likeness (QED) is 0.690. The highest BCUT2D eigenvalue weighted by Crippen LogP contribution is 2.35. The van der Waals surface area contributed by atoms with Crippen molar-refractivity contribution >= 4 is 34.4 Å². The van der Waals surface area contributed by atoms with Crippen molar-refractivity contribution in [2.24, 2.45) is 0 Å². The molecule has 1 saturated heterocycles. The van der Waals surface area contributed by atoms with Gasteiger partial charge in [-0.2, -0.15) is 0 Å². The van der Waals surface area contributed by atoms with E-state index in [9.17, 15) is 9.18 Å². The van der Waals surface area contributed by atoms with E-state index in [4.69, 9.17) is 21.1 Å². The van der Waals surface area contributed by atoms with E-state index in [1.807, 2.05) is 6.92 Å². The van der Waals surface area contributed by atoms with Crippen molar-refractivity contribution in [3.8, 4) is 11.5 Å². The minimum absolute atomic E-state index is 0.00215. The predicted molar refractivity (Wildman–Crippen MR) is 114 cm³/mol. The van der Waals surface area contributed by atoms with Gasteiger partial charge in [0.1, 0.15) is 12.1 Å². The van der Waals surface area contributed by atoms with E-state index in [0.29, 0.717) is 42.1 Å². The molecule has 2 aromatic rings. The lowest BCUT2D eigenvalue weighted by molar-refractivity contribution is 0.123. The van der Waals surface area contributed by atoms with Gasteiger partial charge in [0.05, 0.1) is 23.4 Å². The molecular formula is C20H23ClFN5O3. The molecule has 0 unspecified atom stereocenters. The van der Waals surface area contributed by atoms with Crippen molar-refractivity contribution in [2.75, 3.05) is 32.1 Å². The summed E-state index contributed by atoms with van der Waals surface area (Å²) in [6, 6.07) is 3.21. The standard InChI is InChI=1S/C20H23ClFN5O3/c1-11-9-23-5-6-27(11)20(28)30-17-7-14-15(8-16(17)29-4)24-10-25-19(14)26-13(3)18(22)12(2)21/h7-8,10-11,23H,2,5-6,9H2,1,3-4H3,(H,24,25,26)/b18-13-/t11-/m1/s1. The Balaban J connectivity index is 1.97. The summed E-state index contributed by atoms with van der Waals surface area (Å²) >= 11 is 5.63. The van der Waals surface area contributed by atoms with E-state index >= 15 is 0 Å². The number of amides is 1. The first kappa shape index (κ1) is 21.8. The maximum absolute atomic E-state index is 14.1. The van der Waals surface area contributed by atoms with Crippen molar-refractivity contribution in [3.63, 3.8) is 0 Å². The first-order chi connectivity index (χ1) is 14.3. The molecule has 10 heteroatoms. The number of carbonyl (C=O) groups excluding carboxylic acids is 1. The fraction of sp³-hybridized carbons (Fsp3) is 0.350. The zero-order chi connectivity index (χ0) is 21.8. The third-order valence-electron chi connectivity index (χ3n) is 4.73. The number of anilines is 1. The van der Waals surface area contributed by atoms with Gasteiger partial charge >= 0.3 is 6.09 Å². The van der Waals surface area contributed by atoms with Gasteiger partial charge in [0, 0.05) is 37.1 Å². The maximum atomic E-state index is 14.1. The number of carbonyl (C=O) groups is 1. The van der Waals surface area contributed by atoms with Crippen molar-refractivity contribution in [1.29, 1.82) is 0 Å². The molecule has 0 radical (unpaired) electrons. The zero-order valence-corrected chi connectivity index (χ0v) is 17.7. The minimum Gasteiger partial charge on any atom is -0.493 e. The molecule has 1 aliphatic heterocycles. The number of methoxy groups -OCH3 is 1. The number of hydrogen-bond donors (Lipinski definition) is 2. The average molecular weight is 436 g/mol. The van der Waals surface area contributed by atoms with Crippen LogP contribution in [0.2, 0.25) is 0 Å². The predicted octanol–water partition coefficient (Wildman–Crippen LogP) is 3.80. The van der Waals surface area contributed by atoms with Gasteiger partial charge in [0.15, 0.2) is 17.3 Å². The number of aromatic nitrogens is 2. The Labute approximate surface area is 178 Å². The molecule has 1 aromatic heterocycles.